The van der Waals surface area contributed by atoms with Gasteiger partial charge in [-0.3, -0.25) is 0 Å². The average Bonchev–Trinajstić information content (AvgIpc) is 2.78. The molecule has 112 valence electrons. The van der Waals surface area contributed by atoms with Crippen molar-refractivity contribution in [1.82, 2.24) is 5.32 Å². The molecule has 1 aliphatic heterocycles. The molecule has 1 aromatic carbocycles. The van der Waals surface area contributed by atoms with Crippen molar-refractivity contribution in [2.45, 2.75) is 59.1 Å². The van der Waals surface area contributed by atoms with Crippen molar-refractivity contribution < 1.29 is 9.47 Å². The minimum Gasteiger partial charge on any atom is -0.494 e. The monoisotopic (exact) mass is 277 g/mol. The molecule has 0 saturated heterocycles. The topological polar surface area (TPSA) is 30.5 Å². The Bertz CT molecular complexity index is 431. The van der Waals surface area contributed by atoms with E-state index in [9.17, 15) is 0 Å². The van der Waals surface area contributed by atoms with Crippen LogP contribution in [0, 0.1) is 0 Å². The zero-order valence-corrected chi connectivity index (χ0v) is 13.0. The summed E-state index contributed by atoms with van der Waals surface area (Å²) in [6, 6.07) is 4.31. The first-order valence-corrected chi connectivity index (χ1v) is 7.90. The molecule has 3 heteroatoms. The maximum Gasteiger partial charge on any atom is 0.124 e. The van der Waals surface area contributed by atoms with Crippen LogP contribution >= 0.6 is 0 Å². The van der Waals surface area contributed by atoms with Crippen LogP contribution < -0.4 is 14.8 Å². The highest BCUT2D eigenvalue weighted by molar-refractivity contribution is 5.48. The lowest BCUT2D eigenvalue weighted by molar-refractivity contribution is 0.254. The van der Waals surface area contributed by atoms with Crippen molar-refractivity contribution in [2.75, 3.05) is 13.2 Å². The lowest BCUT2D eigenvalue weighted by atomic mass is 10.1. The molecule has 1 N–H and O–H groups in total. The van der Waals surface area contributed by atoms with Gasteiger partial charge in [-0.25, -0.2) is 0 Å². The summed E-state index contributed by atoms with van der Waals surface area (Å²) in [5, 5.41) is 3.50. The first-order valence-electron chi connectivity index (χ1n) is 7.90. The van der Waals surface area contributed by atoms with Gasteiger partial charge >= 0.3 is 0 Å². The summed E-state index contributed by atoms with van der Waals surface area (Å²) in [7, 11) is 0. The molecule has 3 nitrogen and oxygen atoms in total. The van der Waals surface area contributed by atoms with Crippen LogP contribution in [0.5, 0.6) is 11.5 Å². The van der Waals surface area contributed by atoms with E-state index in [0.29, 0.717) is 6.61 Å². The molecule has 1 heterocycles. The van der Waals surface area contributed by atoms with Crippen molar-refractivity contribution in [2.24, 2.45) is 0 Å². The number of hydrogen-bond acceptors (Lipinski definition) is 3. The van der Waals surface area contributed by atoms with E-state index in [2.05, 4.69) is 31.3 Å². The Hall–Kier alpha value is -1.22. The van der Waals surface area contributed by atoms with Crippen LogP contribution in [0.25, 0.3) is 0 Å². The SMILES string of the molecule is CCCCCNCc1cc2c(cc1OCC)CC(C)O2. The summed E-state index contributed by atoms with van der Waals surface area (Å²) in [4.78, 5) is 0. The van der Waals surface area contributed by atoms with Crippen LogP contribution in [-0.4, -0.2) is 19.3 Å². The second kappa shape index (κ2) is 7.53. The van der Waals surface area contributed by atoms with Crippen LogP contribution in [0.1, 0.15) is 51.2 Å². The molecule has 1 aliphatic rings. The molecule has 1 aromatic rings. The Morgan fingerprint density at radius 3 is 2.90 bits per heavy atom. The van der Waals surface area contributed by atoms with Crippen molar-refractivity contribution in [3.63, 3.8) is 0 Å². The van der Waals surface area contributed by atoms with E-state index in [1.54, 1.807) is 0 Å². The predicted octanol–water partition coefficient (Wildman–Crippen LogP) is 3.69. The number of ether oxygens (including phenoxy) is 2. The van der Waals surface area contributed by atoms with Gasteiger partial charge in [0.15, 0.2) is 0 Å². The van der Waals surface area contributed by atoms with E-state index in [4.69, 9.17) is 9.47 Å². The summed E-state index contributed by atoms with van der Waals surface area (Å²) in [6.07, 6.45) is 5.05. The highest BCUT2D eigenvalue weighted by atomic mass is 16.5. The molecule has 0 fully saturated rings. The van der Waals surface area contributed by atoms with Gasteiger partial charge in [0, 0.05) is 24.1 Å². The summed E-state index contributed by atoms with van der Waals surface area (Å²) in [6.45, 7) is 9.00. The van der Waals surface area contributed by atoms with Gasteiger partial charge in [-0.15, -0.1) is 0 Å². The number of nitrogens with one attached hydrogen (secondary N) is 1. The average molecular weight is 277 g/mol. The van der Waals surface area contributed by atoms with Crippen LogP contribution in [0.2, 0.25) is 0 Å². The second-order valence-corrected chi connectivity index (χ2v) is 5.52. The Morgan fingerprint density at radius 2 is 2.15 bits per heavy atom. The summed E-state index contributed by atoms with van der Waals surface area (Å²) < 4.78 is 11.6. The highest BCUT2D eigenvalue weighted by Crippen LogP contribution is 2.35. The Labute approximate surface area is 122 Å². The number of benzene rings is 1. The molecule has 0 spiro atoms. The van der Waals surface area contributed by atoms with Gasteiger partial charge < -0.3 is 14.8 Å². The van der Waals surface area contributed by atoms with E-state index in [1.807, 2.05) is 6.92 Å². The van der Waals surface area contributed by atoms with E-state index in [1.165, 1.54) is 30.4 Å². The third-order valence-corrected chi connectivity index (χ3v) is 3.65. The Balaban J connectivity index is 2.00. The number of unbranched alkanes of at least 4 members (excludes halogenated alkanes) is 2. The molecule has 0 aliphatic carbocycles. The normalized spacial score (nSPS) is 16.9. The van der Waals surface area contributed by atoms with Crippen LogP contribution in [0.4, 0.5) is 0 Å². The highest BCUT2D eigenvalue weighted by Gasteiger charge is 2.21. The maximum absolute atomic E-state index is 5.84. The van der Waals surface area contributed by atoms with Crippen LogP contribution in [0.3, 0.4) is 0 Å². The molecule has 0 bridgehead atoms. The smallest absolute Gasteiger partial charge is 0.124 e. The van der Waals surface area contributed by atoms with E-state index in [-0.39, 0.29) is 6.10 Å². The molecule has 0 saturated carbocycles. The zero-order valence-electron chi connectivity index (χ0n) is 13.0. The van der Waals surface area contributed by atoms with Gasteiger partial charge in [0.1, 0.15) is 17.6 Å². The molecular formula is C17H27NO2. The van der Waals surface area contributed by atoms with Gasteiger partial charge in [0.05, 0.1) is 6.61 Å². The quantitative estimate of drug-likeness (QED) is 0.735. The lowest BCUT2D eigenvalue weighted by Gasteiger charge is -2.13. The van der Waals surface area contributed by atoms with Crippen molar-refractivity contribution in [3.05, 3.63) is 23.3 Å². The Morgan fingerprint density at radius 1 is 1.30 bits per heavy atom. The van der Waals surface area contributed by atoms with Crippen molar-refractivity contribution >= 4 is 0 Å². The maximum atomic E-state index is 5.84. The summed E-state index contributed by atoms with van der Waals surface area (Å²) in [5.41, 5.74) is 2.48. The van der Waals surface area contributed by atoms with Gasteiger partial charge in [-0.2, -0.15) is 0 Å². The number of hydrogen-bond donors (Lipinski definition) is 1. The Kier molecular flexibility index (Phi) is 5.72. The minimum absolute atomic E-state index is 0.284. The molecule has 1 atom stereocenters. The third kappa shape index (κ3) is 3.89. The standard InChI is InChI=1S/C17H27NO2/c1-4-6-7-8-18-12-15-11-17-14(9-13(3)20-17)10-16(15)19-5-2/h10-11,13,18H,4-9,12H2,1-3H3. The van der Waals surface area contributed by atoms with Crippen LogP contribution in [-0.2, 0) is 13.0 Å². The fourth-order valence-electron chi connectivity index (χ4n) is 2.63. The first kappa shape index (κ1) is 15.2. The summed E-state index contributed by atoms with van der Waals surface area (Å²) in [5.74, 6) is 2.04. The number of rotatable bonds is 8. The van der Waals surface area contributed by atoms with Crippen molar-refractivity contribution in [1.29, 1.82) is 0 Å². The van der Waals surface area contributed by atoms with Gasteiger partial charge in [-0.1, -0.05) is 19.8 Å². The van der Waals surface area contributed by atoms with Gasteiger partial charge in [0.25, 0.3) is 0 Å². The lowest BCUT2D eigenvalue weighted by Crippen LogP contribution is -2.15. The van der Waals surface area contributed by atoms with E-state index >= 15 is 0 Å². The third-order valence-electron chi connectivity index (χ3n) is 3.65. The zero-order chi connectivity index (χ0) is 14.4. The molecule has 0 aromatic heterocycles. The van der Waals surface area contributed by atoms with Crippen LogP contribution in [0.15, 0.2) is 12.1 Å². The molecule has 0 radical (unpaired) electrons. The van der Waals surface area contributed by atoms with Gasteiger partial charge in [0.2, 0.25) is 0 Å². The van der Waals surface area contributed by atoms with E-state index in [0.717, 1.165) is 31.0 Å². The number of fused-ring (bicyclic) bond motifs is 1. The summed E-state index contributed by atoms with van der Waals surface area (Å²) >= 11 is 0. The molecule has 2 rings (SSSR count). The molecule has 20 heavy (non-hydrogen) atoms. The minimum atomic E-state index is 0.284. The predicted molar refractivity (Wildman–Crippen MR) is 82.6 cm³/mol. The van der Waals surface area contributed by atoms with Gasteiger partial charge in [-0.05, 0) is 38.9 Å². The fourth-order valence-corrected chi connectivity index (χ4v) is 2.63. The van der Waals surface area contributed by atoms with E-state index < -0.39 is 0 Å². The first-order chi connectivity index (χ1) is 9.74. The van der Waals surface area contributed by atoms with Crippen molar-refractivity contribution in [3.8, 4) is 11.5 Å². The molecule has 0 amide bonds. The largest absolute Gasteiger partial charge is 0.494 e. The molecular weight excluding hydrogens is 250 g/mol. The molecule has 1 unspecified atom stereocenters. The fraction of sp³-hybridized carbons (Fsp3) is 0.647. The second-order valence-electron chi connectivity index (χ2n) is 5.52.